The number of hydrogen-bond donors (Lipinski definition) is 1. The molecule has 4 nitrogen and oxygen atoms in total. The summed E-state index contributed by atoms with van der Waals surface area (Å²) in [5.41, 5.74) is 1.21. The van der Waals surface area contributed by atoms with E-state index in [1.165, 1.54) is 5.69 Å². The third kappa shape index (κ3) is 2.28. The van der Waals surface area contributed by atoms with Gasteiger partial charge in [-0.2, -0.15) is 0 Å². The number of nitrogens with zero attached hydrogens (tertiary/aromatic N) is 2. The van der Waals surface area contributed by atoms with E-state index in [0.29, 0.717) is 6.04 Å². The van der Waals surface area contributed by atoms with Crippen molar-refractivity contribution in [3.63, 3.8) is 0 Å². The largest absolute Gasteiger partial charge is 0.369 e. The van der Waals surface area contributed by atoms with E-state index < -0.39 is 0 Å². The molecule has 0 spiro atoms. The van der Waals surface area contributed by atoms with Gasteiger partial charge in [-0.25, -0.2) is 4.98 Å². The van der Waals surface area contributed by atoms with Crippen LogP contribution in [0.3, 0.4) is 0 Å². The first-order chi connectivity index (χ1) is 7.86. The Hall–Kier alpha value is -0.870. The average molecular weight is 223 g/mol. The molecule has 1 fully saturated rings. The second-order valence-corrected chi connectivity index (χ2v) is 4.26. The molecule has 2 heterocycles. The molecule has 0 radical (unpaired) electrons. The zero-order valence-electron chi connectivity index (χ0n) is 10.1. The molecule has 1 aromatic heterocycles. The van der Waals surface area contributed by atoms with Crippen LogP contribution < -0.4 is 5.32 Å². The van der Waals surface area contributed by atoms with Gasteiger partial charge in [0.2, 0.25) is 0 Å². The molecule has 1 aliphatic heterocycles. The fraction of sp³-hybridized carbons (Fsp3) is 0.750. The first-order valence-corrected chi connectivity index (χ1v) is 6.20. The lowest BCUT2D eigenvalue weighted by Crippen LogP contribution is -2.34. The standard InChI is InChI=1S/C12H21N3O/c1-3-10(4-2)15-9-14-7-11(15)12-8-13-5-6-16-12/h7,9-10,12-13H,3-6,8H2,1-2H3. The fourth-order valence-corrected chi connectivity index (χ4v) is 2.31. The Bertz CT molecular complexity index is 314. The topological polar surface area (TPSA) is 39.1 Å². The second kappa shape index (κ2) is 5.46. The number of ether oxygens (including phenoxy) is 1. The Morgan fingerprint density at radius 1 is 1.56 bits per heavy atom. The third-order valence-corrected chi connectivity index (χ3v) is 3.29. The zero-order chi connectivity index (χ0) is 11.4. The number of morpholine rings is 1. The highest BCUT2D eigenvalue weighted by molar-refractivity contribution is 5.06. The Balaban J connectivity index is 2.16. The van der Waals surface area contributed by atoms with Crippen molar-refractivity contribution >= 4 is 0 Å². The summed E-state index contributed by atoms with van der Waals surface area (Å²) in [6.45, 7) is 7.08. The van der Waals surface area contributed by atoms with Crippen molar-refractivity contribution < 1.29 is 4.74 Å². The van der Waals surface area contributed by atoms with E-state index in [0.717, 1.165) is 32.5 Å². The van der Waals surface area contributed by atoms with E-state index in [1.54, 1.807) is 0 Å². The average Bonchev–Trinajstić information content (AvgIpc) is 2.81. The highest BCUT2D eigenvalue weighted by atomic mass is 16.5. The molecule has 1 unspecified atom stereocenters. The van der Waals surface area contributed by atoms with Crippen LogP contribution in [0.4, 0.5) is 0 Å². The zero-order valence-corrected chi connectivity index (χ0v) is 10.1. The number of imidazole rings is 1. The van der Waals surface area contributed by atoms with Gasteiger partial charge in [0.1, 0.15) is 6.10 Å². The molecule has 4 heteroatoms. The molecule has 0 aliphatic carbocycles. The number of aromatic nitrogens is 2. The van der Waals surface area contributed by atoms with Crippen LogP contribution in [0.1, 0.15) is 44.5 Å². The molecule has 1 N–H and O–H groups in total. The van der Waals surface area contributed by atoms with Gasteiger partial charge in [-0.1, -0.05) is 13.8 Å². The van der Waals surface area contributed by atoms with Crippen molar-refractivity contribution in [2.45, 2.75) is 38.8 Å². The van der Waals surface area contributed by atoms with Crippen molar-refractivity contribution in [2.75, 3.05) is 19.7 Å². The fourth-order valence-electron chi connectivity index (χ4n) is 2.31. The van der Waals surface area contributed by atoms with Gasteiger partial charge in [0.05, 0.1) is 24.8 Å². The molecule has 0 bridgehead atoms. The molecule has 16 heavy (non-hydrogen) atoms. The van der Waals surface area contributed by atoms with Crippen LogP contribution in [0.2, 0.25) is 0 Å². The van der Waals surface area contributed by atoms with Gasteiger partial charge in [-0.15, -0.1) is 0 Å². The Morgan fingerprint density at radius 3 is 3.00 bits per heavy atom. The van der Waals surface area contributed by atoms with Crippen LogP contribution in [0.5, 0.6) is 0 Å². The lowest BCUT2D eigenvalue weighted by molar-refractivity contribution is 0.0218. The van der Waals surface area contributed by atoms with Crippen molar-refractivity contribution in [3.8, 4) is 0 Å². The number of hydrogen-bond acceptors (Lipinski definition) is 3. The number of nitrogens with one attached hydrogen (secondary N) is 1. The van der Waals surface area contributed by atoms with Gasteiger partial charge in [-0.3, -0.25) is 0 Å². The van der Waals surface area contributed by atoms with Crippen LogP contribution >= 0.6 is 0 Å². The molecule has 0 saturated carbocycles. The lowest BCUT2D eigenvalue weighted by atomic mass is 10.1. The van der Waals surface area contributed by atoms with E-state index in [4.69, 9.17) is 4.74 Å². The highest BCUT2D eigenvalue weighted by Gasteiger charge is 2.21. The van der Waals surface area contributed by atoms with Crippen LogP contribution in [0, 0.1) is 0 Å². The molecular formula is C12H21N3O. The quantitative estimate of drug-likeness (QED) is 0.847. The maximum atomic E-state index is 5.78. The predicted molar refractivity (Wildman–Crippen MR) is 63.4 cm³/mol. The Kier molecular flexibility index (Phi) is 3.96. The van der Waals surface area contributed by atoms with Gasteiger partial charge in [0, 0.05) is 19.1 Å². The maximum Gasteiger partial charge on any atom is 0.111 e. The molecule has 1 aromatic rings. The molecule has 2 rings (SSSR count). The highest BCUT2D eigenvalue weighted by Crippen LogP contribution is 2.24. The summed E-state index contributed by atoms with van der Waals surface area (Å²) in [5.74, 6) is 0. The van der Waals surface area contributed by atoms with Gasteiger partial charge >= 0.3 is 0 Å². The molecular weight excluding hydrogens is 202 g/mol. The van der Waals surface area contributed by atoms with Crippen LogP contribution in [0.15, 0.2) is 12.5 Å². The predicted octanol–water partition coefficient (Wildman–Crippen LogP) is 1.91. The lowest BCUT2D eigenvalue weighted by Gasteiger charge is -2.27. The normalized spacial score (nSPS) is 21.6. The van der Waals surface area contributed by atoms with Crippen molar-refractivity contribution in [1.29, 1.82) is 0 Å². The summed E-state index contributed by atoms with van der Waals surface area (Å²) < 4.78 is 8.05. The van der Waals surface area contributed by atoms with Gasteiger partial charge in [0.25, 0.3) is 0 Å². The summed E-state index contributed by atoms with van der Waals surface area (Å²) in [6.07, 6.45) is 6.32. The van der Waals surface area contributed by atoms with Gasteiger partial charge < -0.3 is 14.6 Å². The molecule has 1 atom stereocenters. The summed E-state index contributed by atoms with van der Waals surface area (Å²) >= 11 is 0. The minimum absolute atomic E-state index is 0.164. The monoisotopic (exact) mass is 223 g/mol. The first kappa shape index (κ1) is 11.6. The summed E-state index contributed by atoms with van der Waals surface area (Å²) in [4.78, 5) is 4.27. The van der Waals surface area contributed by atoms with Crippen LogP contribution in [-0.4, -0.2) is 29.2 Å². The summed E-state index contributed by atoms with van der Waals surface area (Å²) in [6, 6.07) is 0.544. The smallest absolute Gasteiger partial charge is 0.111 e. The van der Waals surface area contributed by atoms with E-state index in [9.17, 15) is 0 Å². The first-order valence-electron chi connectivity index (χ1n) is 6.20. The molecule has 1 saturated heterocycles. The minimum atomic E-state index is 0.164. The molecule has 0 aromatic carbocycles. The third-order valence-electron chi connectivity index (χ3n) is 3.29. The molecule has 1 aliphatic rings. The van der Waals surface area contributed by atoms with Gasteiger partial charge in [0.15, 0.2) is 0 Å². The molecule has 90 valence electrons. The van der Waals surface area contributed by atoms with Gasteiger partial charge in [-0.05, 0) is 12.8 Å². The minimum Gasteiger partial charge on any atom is -0.369 e. The van der Waals surface area contributed by atoms with E-state index in [2.05, 4.69) is 28.7 Å². The SMILES string of the molecule is CCC(CC)n1cncc1C1CNCCO1. The second-order valence-electron chi connectivity index (χ2n) is 4.26. The Labute approximate surface area is 97.0 Å². The van der Waals surface area contributed by atoms with Crippen molar-refractivity contribution in [1.82, 2.24) is 14.9 Å². The van der Waals surface area contributed by atoms with E-state index >= 15 is 0 Å². The Morgan fingerprint density at radius 2 is 2.38 bits per heavy atom. The van der Waals surface area contributed by atoms with Crippen molar-refractivity contribution in [2.24, 2.45) is 0 Å². The van der Waals surface area contributed by atoms with E-state index in [-0.39, 0.29) is 6.10 Å². The van der Waals surface area contributed by atoms with Crippen LogP contribution in [0.25, 0.3) is 0 Å². The summed E-state index contributed by atoms with van der Waals surface area (Å²) in [7, 11) is 0. The van der Waals surface area contributed by atoms with Crippen molar-refractivity contribution in [3.05, 3.63) is 18.2 Å². The number of rotatable bonds is 4. The van der Waals surface area contributed by atoms with E-state index in [1.807, 2.05) is 12.5 Å². The maximum absolute atomic E-state index is 5.78. The summed E-state index contributed by atoms with van der Waals surface area (Å²) in [5, 5.41) is 3.36. The van der Waals surface area contributed by atoms with Crippen LogP contribution in [-0.2, 0) is 4.74 Å². The molecule has 0 amide bonds.